The largest absolute Gasteiger partial charge is 0.494 e. The molecule has 1 aliphatic heterocycles. The second kappa shape index (κ2) is 9.73. The van der Waals surface area contributed by atoms with Crippen molar-refractivity contribution in [1.29, 1.82) is 0 Å². The van der Waals surface area contributed by atoms with E-state index in [0.29, 0.717) is 18.1 Å². The Morgan fingerprint density at radius 2 is 2.21 bits per heavy atom. The van der Waals surface area contributed by atoms with E-state index in [9.17, 15) is 4.79 Å². The number of rotatable bonds is 8. The van der Waals surface area contributed by atoms with Gasteiger partial charge in [0.1, 0.15) is 11.6 Å². The SMILES string of the molecule is CCOc1cccc(C(=O)N2CCC[C@H](c3nccn3CCCN(C)C)C2)c1. The van der Waals surface area contributed by atoms with Crippen molar-refractivity contribution >= 4 is 5.91 Å². The molecule has 1 aliphatic rings. The fourth-order valence-corrected chi connectivity index (χ4v) is 3.87. The van der Waals surface area contributed by atoms with Crippen LogP contribution in [0.4, 0.5) is 0 Å². The van der Waals surface area contributed by atoms with Crippen LogP contribution in [-0.2, 0) is 6.54 Å². The first-order valence-corrected chi connectivity index (χ1v) is 10.3. The average molecular weight is 385 g/mol. The topological polar surface area (TPSA) is 50.6 Å². The van der Waals surface area contributed by atoms with E-state index in [2.05, 4.69) is 34.7 Å². The number of ether oxygens (including phenoxy) is 1. The summed E-state index contributed by atoms with van der Waals surface area (Å²) < 4.78 is 7.81. The van der Waals surface area contributed by atoms with E-state index in [-0.39, 0.29) is 5.91 Å². The van der Waals surface area contributed by atoms with Crippen molar-refractivity contribution in [2.45, 2.75) is 38.6 Å². The normalized spacial score (nSPS) is 17.1. The molecule has 0 aliphatic carbocycles. The number of piperidine rings is 1. The maximum absolute atomic E-state index is 13.0. The van der Waals surface area contributed by atoms with E-state index in [0.717, 1.165) is 57.0 Å². The lowest BCUT2D eigenvalue weighted by molar-refractivity contribution is 0.0702. The number of hydrogen-bond acceptors (Lipinski definition) is 4. The van der Waals surface area contributed by atoms with Gasteiger partial charge in [-0.1, -0.05) is 6.07 Å². The molecule has 1 atom stereocenters. The second-order valence-electron chi connectivity index (χ2n) is 7.69. The number of carbonyl (C=O) groups is 1. The third kappa shape index (κ3) is 5.13. The van der Waals surface area contributed by atoms with E-state index >= 15 is 0 Å². The number of nitrogens with zero attached hydrogens (tertiary/aromatic N) is 4. The fraction of sp³-hybridized carbons (Fsp3) is 0.545. The van der Waals surface area contributed by atoms with Gasteiger partial charge >= 0.3 is 0 Å². The summed E-state index contributed by atoms with van der Waals surface area (Å²) in [5.74, 6) is 2.23. The van der Waals surface area contributed by atoms with E-state index in [1.54, 1.807) is 0 Å². The Kier molecular flexibility index (Phi) is 7.09. The standard InChI is InChI=1S/C22H32N4O2/c1-4-28-20-10-5-8-18(16-20)22(27)26-13-6-9-19(17-26)21-23-11-15-25(21)14-7-12-24(2)3/h5,8,10-11,15-16,19H,4,6-7,9,12-14,17H2,1-3H3/t19-/m0/s1. The van der Waals surface area contributed by atoms with Crippen LogP contribution in [0.3, 0.4) is 0 Å². The molecule has 152 valence electrons. The van der Waals surface area contributed by atoms with Crippen LogP contribution in [0, 0.1) is 0 Å². The first kappa shape index (κ1) is 20.4. The van der Waals surface area contributed by atoms with Gasteiger partial charge < -0.3 is 19.1 Å². The lowest BCUT2D eigenvalue weighted by atomic mass is 9.96. The highest BCUT2D eigenvalue weighted by Crippen LogP contribution is 2.27. The molecule has 0 N–H and O–H groups in total. The quantitative estimate of drug-likeness (QED) is 0.701. The van der Waals surface area contributed by atoms with Crippen LogP contribution in [0.2, 0.25) is 0 Å². The molecule has 6 heteroatoms. The molecule has 0 bridgehead atoms. The molecule has 1 aromatic carbocycles. The zero-order valence-electron chi connectivity index (χ0n) is 17.3. The van der Waals surface area contributed by atoms with E-state index in [1.807, 2.05) is 42.3 Å². The van der Waals surface area contributed by atoms with Gasteiger partial charge in [0, 0.05) is 43.5 Å². The highest BCUT2D eigenvalue weighted by Gasteiger charge is 2.28. The molecule has 0 radical (unpaired) electrons. The molecule has 28 heavy (non-hydrogen) atoms. The van der Waals surface area contributed by atoms with Crippen LogP contribution >= 0.6 is 0 Å². The molecular formula is C22H32N4O2. The number of benzene rings is 1. The third-order valence-electron chi connectivity index (χ3n) is 5.22. The Hall–Kier alpha value is -2.34. The smallest absolute Gasteiger partial charge is 0.254 e. The summed E-state index contributed by atoms with van der Waals surface area (Å²) in [4.78, 5) is 21.8. The Bertz CT molecular complexity index is 771. The molecule has 1 amide bonds. The van der Waals surface area contributed by atoms with Gasteiger partial charge in [0.25, 0.3) is 5.91 Å². The Morgan fingerprint density at radius 1 is 1.36 bits per heavy atom. The number of imidazole rings is 1. The number of carbonyl (C=O) groups excluding carboxylic acids is 1. The zero-order valence-corrected chi connectivity index (χ0v) is 17.3. The molecule has 1 fully saturated rings. The minimum Gasteiger partial charge on any atom is -0.494 e. The minimum absolute atomic E-state index is 0.0805. The van der Waals surface area contributed by atoms with Crippen molar-refractivity contribution < 1.29 is 9.53 Å². The van der Waals surface area contributed by atoms with E-state index < -0.39 is 0 Å². The first-order chi connectivity index (χ1) is 13.6. The van der Waals surface area contributed by atoms with Crippen molar-refractivity contribution in [2.24, 2.45) is 0 Å². The summed E-state index contributed by atoms with van der Waals surface area (Å²) in [7, 11) is 4.19. The van der Waals surface area contributed by atoms with Gasteiger partial charge in [-0.25, -0.2) is 4.98 Å². The Morgan fingerprint density at radius 3 is 3.00 bits per heavy atom. The van der Waals surface area contributed by atoms with Gasteiger partial charge in [-0.2, -0.15) is 0 Å². The zero-order chi connectivity index (χ0) is 19.9. The van der Waals surface area contributed by atoms with Crippen molar-refractivity contribution in [2.75, 3.05) is 40.3 Å². The molecule has 0 unspecified atom stereocenters. The van der Waals surface area contributed by atoms with Crippen molar-refractivity contribution in [3.63, 3.8) is 0 Å². The molecule has 2 aromatic rings. The monoisotopic (exact) mass is 384 g/mol. The van der Waals surface area contributed by atoms with Crippen LogP contribution in [0.15, 0.2) is 36.7 Å². The number of likely N-dealkylation sites (tertiary alicyclic amines) is 1. The van der Waals surface area contributed by atoms with Gasteiger partial charge in [-0.05, 0) is 65.0 Å². The molecule has 1 saturated heterocycles. The number of hydrogen-bond donors (Lipinski definition) is 0. The molecule has 0 saturated carbocycles. The summed E-state index contributed by atoms with van der Waals surface area (Å²) in [5.41, 5.74) is 0.695. The van der Waals surface area contributed by atoms with Crippen molar-refractivity contribution in [3.8, 4) is 5.75 Å². The van der Waals surface area contributed by atoms with Crippen LogP contribution in [0.25, 0.3) is 0 Å². The fourth-order valence-electron chi connectivity index (χ4n) is 3.87. The third-order valence-corrected chi connectivity index (χ3v) is 5.22. The highest BCUT2D eigenvalue weighted by molar-refractivity contribution is 5.94. The van der Waals surface area contributed by atoms with Crippen LogP contribution in [0.5, 0.6) is 5.75 Å². The van der Waals surface area contributed by atoms with E-state index in [1.165, 1.54) is 0 Å². The average Bonchev–Trinajstić information content (AvgIpc) is 3.16. The summed E-state index contributed by atoms with van der Waals surface area (Å²) >= 11 is 0. The van der Waals surface area contributed by atoms with E-state index in [4.69, 9.17) is 4.74 Å². The molecule has 3 rings (SSSR count). The summed E-state index contributed by atoms with van der Waals surface area (Å²) in [6.07, 6.45) is 7.13. The van der Waals surface area contributed by atoms with Gasteiger partial charge in [-0.3, -0.25) is 4.79 Å². The molecule has 6 nitrogen and oxygen atoms in total. The van der Waals surface area contributed by atoms with Gasteiger partial charge in [0.05, 0.1) is 6.61 Å². The molecule has 1 aromatic heterocycles. The van der Waals surface area contributed by atoms with Crippen molar-refractivity contribution in [3.05, 3.63) is 48.0 Å². The van der Waals surface area contributed by atoms with Gasteiger partial charge in [0.15, 0.2) is 0 Å². The van der Waals surface area contributed by atoms with Crippen LogP contribution in [-0.4, -0.2) is 65.6 Å². The molecule has 0 spiro atoms. The van der Waals surface area contributed by atoms with Gasteiger partial charge in [0.2, 0.25) is 0 Å². The molecular weight excluding hydrogens is 352 g/mol. The number of aryl methyl sites for hydroxylation is 1. The maximum atomic E-state index is 13.0. The number of aromatic nitrogens is 2. The first-order valence-electron chi connectivity index (χ1n) is 10.3. The number of amides is 1. The predicted octanol–water partition coefficient (Wildman–Crippen LogP) is 3.25. The molecule has 2 heterocycles. The van der Waals surface area contributed by atoms with Crippen LogP contribution < -0.4 is 4.74 Å². The Balaban J connectivity index is 1.67. The minimum atomic E-state index is 0.0805. The second-order valence-corrected chi connectivity index (χ2v) is 7.69. The summed E-state index contributed by atoms with van der Waals surface area (Å²) in [6, 6.07) is 7.50. The summed E-state index contributed by atoms with van der Waals surface area (Å²) in [6.45, 7) is 6.10. The highest BCUT2D eigenvalue weighted by atomic mass is 16.5. The Labute approximate surface area is 168 Å². The lowest BCUT2D eigenvalue weighted by Gasteiger charge is -2.33. The maximum Gasteiger partial charge on any atom is 0.254 e. The van der Waals surface area contributed by atoms with Crippen LogP contribution in [0.1, 0.15) is 48.3 Å². The van der Waals surface area contributed by atoms with Gasteiger partial charge in [-0.15, -0.1) is 0 Å². The van der Waals surface area contributed by atoms with Crippen molar-refractivity contribution in [1.82, 2.24) is 19.4 Å². The predicted molar refractivity (Wildman–Crippen MR) is 111 cm³/mol. The lowest BCUT2D eigenvalue weighted by Crippen LogP contribution is -2.39. The summed E-state index contributed by atoms with van der Waals surface area (Å²) in [5, 5.41) is 0.